The Balaban J connectivity index is 1.34. The summed E-state index contributed by atoms with van der Waals surface area (Å²) in [6.45, 7) is 0. The van der Waals surface area contributed by atoms with Crippen molar-refractivity contribution in [2.45, 2.75) is 12.5 Å². The number of rotatable bonds is 3. The van der Waals surface area contributed by atoms with E-state index in [0.29, 0.717) is 0 Å². The Labute approximate surface area is 297 Å². The van der Waals surface area contributed by atoms with Crippen molar-refractivity contribution in [2.24, 2.45) is 0 Å². The van der Waals surface area contributed by atoms with Gasteiger partial charge in [0.15, 0.2) is 0 Å². The van der Waals surface area contributed by atoms with E-state index in [4.69, 9.17) is 9.47 Å². The van der Waals surface area contributed by atoms with Crippen LogP contribution in [-0.4, -0.2) is 10.7 Å². The zero-order valence-electron chi connectivity index (χ0n) is 27.9. The monoisotopic (exact) mass is 655 g/mol. The van der Waals surface area contributed by atoms with Crippen LogP contribution >= 0.6 is 0 Å². The summed E-state index contributed by atoms with van der Waals surface area (Å²) in [4.78, 5) is 0. The van der Waals surface area contributed by atoms with Crippen molar-refractivity contribution >= 4 is 27.4 Å². The van der Waals surface area contributed by atoms with Gasteiger partial charge in [-0.2, -0.15) is 0 Å². The molecule has 8 aromatic rings. The number of ether oxygens (including phenoxy) is 2. The van der Waals surface area contributed by atoms with Crippen LogP contribution in [0.5, 0.6) is 17.2 Å². The van der Waals surface area contributed by atoms with Gasteiger partial charge in [0, 0.05) is 50.7 Å². The van der Waals surface area contributed by atoms with Crippen LogP contribution in [0.4, 0.5) is 0 Å². The van der Waals surface area contributed by atoms with Gasteiger partial charge in [-0.25, -0.2) is 0 Å². The number of aromatic nitrogens is 1. The van der Waals surface area contributed by atoms with Crippen LogP contribution in [0.3, 0.4) is 0 Å². The molecular formula is C48H33NO2. The number of allylic oxidation sites excluding steroid dienone is 2. The molecule has 2 heterocycles. The average Bonchev–Trinajstić information content (AvgIpc) is 3.54. The van der Waals surface area contributed by atoms with Crippen molar-refractivity contribution in [3.05, 3.63) is 188 Å². The van der Waals surface area contributed by atoms with E-state index >= 15 is 0 Å². The molecule has 0 amide bonds. The molecular weight excluding hydrogens is 623 g/mol. The summed E-state index contributed by atoms with van der Waals surface area (Å²) in [6, 6.07) is 57.9. The van der Waals surface area contributed by atoms with Gasteiger partial charge < -0.3 is 14.0 Å². The number of benzene rings is 7. The van der Waals surface area contributed by atoms with E-state index in [0.717, 1.165) is 79.4 Å². The third kappa shape index (κ3) is 4.81. The molecule has 7 aromatic carbocycles. The number of para-hydroxylation sites is 4. The zero-order chi connectivity index (χ0) is 33.7. The predicted octanol–water partition coefficient (Wildman–Crippen LogP) is 12.7. The molecule has 0 saturated heterocycles. The smallest absolute Gasteiger partial charge is 0.136 e. The van der Waals surface area contributed by atoms with Crippen LogP contribution in [-0.2, 0) is 0 Å². The summed E-state index contributed by atoms with van der Waals surface area (Å²) in [5, 5.41) is 2.42. The first-order chi connectivity index (χ1) is 25.3. The minimum Gasteiger partial charge on any atom is -0.485 e. The average molecular weight is 656 g/mol. The lowest BCUT2D eigenvalue weighted by Crippen LogP contribution is -2.21. The molecule has 3 nitrogen and oxygen atoms in total. The summed E-state index contributed by atoms with van der Waals surface area (Å²) in [6.07, 6.45) is 7.05. The summed E-state index contributed by atoms with van der Waals surface area (Å²) in [5.41, 5.74) is 12.0. The van der Waals surface area contributed by atoms with Gasteiger partial charge in [-0.3, -0.25) is 0 Å². The zero-order valence-corrected chi connectivity index (χ0v) is 27.9. The van der Waals surface area contributed by atoms with E-state index in [-0.39, 0.29) is 6.10 Å². The molecule has 0 N–H and O–H groups in total. The largest absolute Gasteiger partial charge is 0.485 e. The molecule has 0 fully saturated rings. The quantitative estimate of drug-likeness (QED) is 0.189. The molecule has 1 aromatic heterocycles. The van der Waals surface area contributed by atoms with E-state index in [1.165, 1.54) is 16.3 Å². The van der Waals surface area contributed by atoms with Crippen LogP contribution in [0.2, 0.25) is 0 Å². The SMILES string of the molecule is C1=CCC2Oc3cccc(-c4cccc5c6ccccc6n(-c6ccccc6)c45)c3-c3c(cccc3-c3ccccc3)Oc3ccccc3C2=C1. The highest BCUT2D eigenvalue weighted by Gasteiger charge is 2.30. The Morgan fingerprint density at radius 1 is 0.490 bits per heavy atom. The van der Waals surface area contributed by atoms with Crippen LogP contribution in [0.25, 0.3) is 66.4 Å². The molecule has 0 bridgehead atoms. The Kier molecular flexibility index (Phi) is 6.95. The highest BCUT2D eigenvalue weighted by molar-refractivity contribution is 6.15. The van der Waals surface area contributed by atoms with Gasteiger partial charge >= 0.3 is 0 Å². The molecule has 242 valence electrons. The maximum absolute atomic E-state index is 7.25. The summed E-state index contributed by atoms with van der Waals surface area (Å²) in [5.74, 6) is 2.42. The third-order valence-corrected chi connectivity index (χ3v) is 10.2. The molecule has 3 heteroatoms. The van der Waals surface area contributed by atoms with Crippen LogP contribution in [0.1, 0.15) is 12.0 Å². The minimum atomic E-state index is -0.189. The third-order valence-electron chi connectivity index (χ3n) is 10.2. The number of hydrogen-bond donors (Lipinski definition) is 0. The fraction of sp³-hybridized carbons (Fsp3) is 0.0417. The van der Waals surface area contributed by atoms with Gasteiger partial charge in [-0.05, 0) is 53.1 Å². The van der Waals surface area contributed by atoms with Crippen LogP contribution < -0.4 is 9.47 Å². The number of fused-ring (bicyclic) bond motifs is 9. The van der Waals surface area contributed by atoms with E-state index < -0.39 is 0 Å². The lowest BCUT2D eigenvalue weighted by atomic mass is 9.86. The highest BCUT2D eigenvalue weighted by atomic mass is 16.5. The first-order valence-corrected chi connectivity index (χ1v) is 17.5. The Morgan fingerprint density at radius 2 is 1.12 bits per heavy atom. The van der Waals surface area contributed by atoms with E-state index in [2.05, 4.69) is 181 Å². The Bertz CT molecular complexity index is 2670. The van der Waals surface area contributed by atoms with Gasteiger partial charge in [0.1, 0.15) is 23.4 Å². The Morgan fingerprint density at radius 3 is 2.00 bits per heavy atom. The molecule has 0 spiro atoms. The van der Waals surface area contributed by atoms with Gasteiger partial charge in [-0.1, -0.05) is 146 Å². The second-order valence-corrected chi connectivity index (χ2v) is 13.1. The maximum atomic E-state index is 7.25. The van der Waals surface area contributed by atoms with Crippen molar-refractivity contribution in [3.63, 3.8) is 0 Å². The van der Waals surface area contributed by atoms with Gasteiger partial charge in [0.05, 0.1) is 11.0 Å². The summed E-state index contributed by atoms with van der Waals surface area (Å²) >= 11 is 0. The fourth-order valence-corrected chi connectivity index (χ4v) is 7.97. The minimum absolute atomic E-state index is 0.189. The molecule has 10 rings (SSSR count). The predicted molar refractivity (Wildman–Crippen MR) is 210 cm³/mol. The van der Waals surface area contributed by atoms with E-state index in [1.807, 2.05) is 6.07 Å². The second kappa shape index (κ2) is 12.1. The molecule has 51 heavy (non-hydrogen) atoms. The number of hydrogen-bond acceptors (Lipinski definition) is 2. The van der Waals surface area contributed by atoms with E-state index in [9.17, 15) is 0 Å². The lowest BCUT2D eigenvalue weighted by Gasteiger charge is -2.29. The van der Waals surface area contributed by atoms with Crippen molar-refractivity contribution in [1.29, 1.82) is 0 Å². The molecule has 1 atom stereocenters. The summed E-state index contributed by atoms with van der Waals surface area (Å²) < 4.78 is 16.7. The van der Waals surface area contributed by atoms with Crippen molar-refractivity contribution in [2.75, 3.05) is 0 Å². The molecule has 0 radical (unpaired) electrons. The highest BCUT2D eigenvalue weighted by Crippen LogP contribution is 2.52. The fourth-order valence-electron chi connectivity index (χ4n) is 7.97. The van der Waals surface area contributed by atoms with Crippen LogP contribution in [0, 0.1) is 0 Å². The van der Waals surface area contributed by atoms with E-state index in [1.54, 1.807) is 0 Å². The Hall–Kier alpha value is -6.58. The second-order valence-electron chi connectivity index (χ2n) is 13.1. The van der Waals surface area contributed by atoms with Gasteiger partial charge in [0.2, 0.25) is 0 Å². The number of nitrogens with zero attached hydrogens (tertiary/aromatic N) is 1. The van der Waals surface area contributed by atoms with Gasteiger partial charge in [-0.15, -0.1) is 0 Å². The first-order valence-electron chi connectivity index (χ1n) is 17.5. The van der Waals surface area contributed by atoms with Crippen LogP contribution in [0.15, 0.2) is 182 Å². The normalized spacial score (nSPS) is 14.7. The topological polar surface area (TPSA) is 23.4 Å². The molecule has 0 saturated carbocycles. The van der Waals surface area contributed by atoms with Gasteiger partial charge in [0.25, 0.3) is 0 Å². The van der Waals surface area contributed by atoms with Crippen molar-refractivity contribution in [3.8, 4) is 56.3 Å². The molecule has 1 aliphatic carbocycles. The lowest BCUT2D eigenvalue weighted by molar-refractivity contribution is 0.261. The summed E-state index contributed by atoms with van der Waals surface area (Å²) in [7, 11) is 0. The maximum Gasteiger partial charge on any atom is 0.136 e. The van der Waals surface area contributed by atoms with Crippen molar-refractivity contribution < 1.29 is 9.47 Å². The molecule has 2 aliphatic rings. The molecule has 1 aliphatic heterocycles. The first kappa shape index (κ1) is 29.3. The van der Waals surface area contributed by atoms with Crippen molar-refractivity contribution in [1.82, 2.24) is 4.57 Å². The standard InChI is InChI=1S/C48H33NO2/c1-3-16-32(17-4-1)34-23-14-30-44-46(34)47-38(24-15-31-45(47)51-43-29-12-9-22-37(43)36-21-8-11-28-42(36)50-44)40-26-13-25-39-35-20-7-10-27-41(35)49(48(39)40)33-18-5-2-6-19-33/h1-28,30-31,43H,29H2. The molecule has 1 unspecified atom stereocenters.